The van der Waals surface area contributed by atoms with Crippen molar-refractivity contribution in [3.63, 3.8) is 0 Å². The molecular weight excluding hydrogens is 893 g/mol. The van der Waals surface area contributed by atoms with Gasteiger partial charge in [-0.2, -0.15) is 0 Å². The quantitative estimate of drug-likeness (QED) is 0.131. The summed E-state index contributed by atoms with van der Waals surface area (Å²) >= 11 is 0. The van der Waals surface area contributed by atoms with E-state index in [9.17, 15) is 0 Å². The predicted molar refractivity (Wildman–Crippen MR) is 315 cm³/mol. The van der Waals surface area contributed by atoms with Gasteiger partial charge in [0, 0.05) is 33.5 Å². The molecule has 0 unspecified atom stereocenters. The first kappa shape index (κ1) is 43.1. The Balaban J connectivity index is 0.891. The van der Waals surface area contributed by atoms with Crippen LogP contribution in [0, 0.1) is 0 Å². The highest BCUT2D eigenvalue weighted by Gasteiger charge is 2.20. The Kier molecular flexibility index (Phi) is 10.6. The van der Waals surface area contributed by atoms with Gasteiger partial charge >= 0.3 is 0 Å². The molecule has 1 aromatic heterocycles. The molecule has 74 heavy (non-hydrogen) atoms. The fourth-order valence-corrected chi connectivity index (χ4v) is 11.4. The van der Waals surface area contributed by atoms with Crippen molar-refractivity contribution in [2.24, 2.45) is 0 Å². The van der Waals surface area contributed by atoms with Gasteiger partial charge in [0.1, 0.15) is 0 Å². The van der Waals surface area contributed by atoms with Crippen LogP contribution in [0.5, 0.6) is 0 Å². The monoisotopic (exact) mass is 940 g/mol. The molecule has 2 heteroatoms. The van der Waals surface area contributed by atoms with Gasteiger partial charge in [-0.15, -0.1) is 0 Å². The second-order valence-corrected chi connectivity index (χ2v) is 19.2. The van der Waals surface area contributed by atoms with E-state index < -0.39 is 0 Å². The van der Waals surface area contributed by atoms with Crippen LogP contribution in [0.1, 0.15) is 0 Å². The van der Waals surface area contributed by atoms with E-state index in [1.807, 2.05) is 0 Å². The highest BCUT2D eigenvalue weighted by Crippen LogP contribution is 2.46. The van der Waals surface area contributed by atoms with Crippen LogP contribution in [0.25, 0.3) is 115 Å². The summed E-state index contributed by atoms with van der Waals surface area (Å²) in [6.07, 6.45) is 0. The molecule has 0 bridgehead atoms. The van der Waals surface area contributed by atoms with E-state index in [-0.39, 0.29) is 0 Å². The first-order valence-corrected chi connectivity index (χ1v) is 25.5. The number of hydrogen-bond acceptors (Lipinski definition) is 1. The van der Waals surface area contributed by atoms with Gasteiger partial charge in [0.05, 0.1) is 11.0 Å². The number of hydrogen-bond donors (Lipinski definition) is 0. The number of rotatable bonds is 9. The van der Waals surface area contributed by atoms with Crippen molar-refractivity contribution in [3.05, 3.63) is 291 Å². The van der Waals surface area contributed by atoms with Crippen molar-refractivity contribution < 1.29 is 0 Å². The summed E-state index contributed by atoms with van der Waals surface area (Å²) in [6.45, 7) is 0. The molecule has 13 aromatic carbocycles. The Bertz CT molecular complexity index is 4380. The number of anilines is 3. The Morgan fingerprint density at radius 2 is 0.676 bits per heavy atom. The zero-order chi connectivity index (χ0) is 49.0. The minimum absolute atomic E-state index is 1.08. The van der Waals surface area contributed by atoms with E-state index in [1.54, 1.807) is 0 Å². The molecule has 0 amide bonds. The number of benzene rings is 13. The maximum absolute atomic E-state index is 2.41. The lowest BCUT2D eigenvalue weighted by atomic mass is 9.84. The van der Waals surface area contributed by atoms with E-state index in [4.69, 9.17) is 0 Å². The summed E-state index contributed by atoms with van der Waals surface area (Å²) < 4.78 is 2.38. The maximum Gasteiger partial charge on any atom is 0.0541 e. The van der Waals surface area contributed by atoms with Gasteiger partial charge in [0.15, 0.2) is 0 Å². The zero-order valence-electron chi connectivity index (χ0n) is 40.6. The number of aromatic nitrogens is 1. The van der Waals surface area contributed by atoms with E-state index >= 15 is 0 Å². The lowest BCUT2D eigenvalue weighted by Crippen LogP contribution is -2.10. The largest absolute Gasteiger partial charge is 0.310 e. The van der Waals surface area contributed by atoms with Crippen LogP contribution in [0.2, 0.25) is 0 Å². The summed E-state index contributed by atoms with van der Waals surface area (Å²) in [5, 5.41) is 9.96. The van der Waals surface area contributed by atoms with Crippen LogP contribution in [0.3, 0.4) is 0 Å². The lowest BCUT2D eigenvalue weighted by Gasteiger charge is -2.26. The van der Waals surface area contributed by atoms with Crippen LogP contribution >= 0.6 is 0 Å². The fraction of sp³-hybridized carbons (Fsp3) is 0. The molecular formula is C72H48N2. The van der Waals surface area contributed by atoms with Crippen LogP contribution in [-0.2, 0) is 0 Å². The second kappa shape index (κ2) is 18.1. The van der Waals surface area contributed by atoms with Crippen molar-refractivity contribution in [1.82, 2.24) is 4.57 Å². The molecule has 0 spiro atoms. The van der Waals surface area contributed by atoms with Gasteiger partial charge in [-0.25, -0.2) is 0 Å². The lowest BCUT2D eigenvalue weighted by molar-refractivity contribution is 1.18. The van der Waals surface area contributed by atoms with E-state index in [0.717, 1.165) is 33.9 Å². The smallest absolute Gasteiger partial charge is 0.0541 e. The zero-order valence-corrected chi connectivity index (χ0v) is 40.6. The number of nitrogens with zero attached hydrogens (tertiary/aromatic N) is 2. The molecule has 14 aromatic rings. The molecule has 1 heterocycles. The molecule has 2 nitrogen and oxygen atoms in total. The predicted octanol–water partition coefficient (Wildman–Crippen LogP) is 20.0. The average Bonchev–Trinajstić information content (AvgIpc) is 3.82. The Morgan fingerprint density at radius 1 is 0.216 bits per heavy atom. The van der Waals surface area contributed by atoms with Crippen molar-refractivity contribution in [1.29, 1.82) is 0 Å². The molecule has 14 rings (SSSR count). The van der Waals surface area contributed by atoms with Crippen molar-refractivity contribution in [2.45, 2.75) is 0 Å². The minimum Gasteiger partial charge on any atom is -0.310 e. The standard InChI is InChI=1S/C72H48N2/c1-4-18-52(19-5-1)71-66-29-13-12-27-63(66)64-43-37-57(48-68(64)72(71)53-20-6-2-7-21-53)51-35-41-61(42-36-51)73(60-39-33-50(34-40-60)56-32-31-49-17-10-11-22-54(49)45-56)62-26-16-23-55(46-62)58-38-44-70-67(47-58)65-28-14-15-30-69(65)74(70)59-24-8-3-9-25-59/h1-48H. The Hall–Kier alpha value is -9.76. The molecule has 0 aliphatic heterocycles. The summed E-state index contributed by atoms with van der Waals surface area (Å²) in [6, 6.07) is 107. The maximum atomic E-state index is 2.41. The van der Waals surface area contributed by atoms with Crippen LogP contribution < -0.4 is 4.90 Å². The van der Waals surface area contributed by atoms with E-state index in [1.165, 1.54) is 98.6 Å². The van der Waals surface area contributed by atoms with E-state index in [0.29, 0.717) is 0 Å². The van der Waals surface area contributed by atoms with Crippen molar-refractivity contribution >= 4 is 71.2 Å². The Morgan fingerprint density at radius 3 is 1.38 bits per heavy atom. The second-order valence-electron chi connectivity index (χ2n) is 19.2. The molecule has 0 atom stereocenters. The summed E-state index contributed by atoms with van der Waals surface area (Å²) in [5.41, 5.74) is 18.8. The summed E-state index contributed by atoms with van der Waals surface area (Å²) in [7, 11) is 0. The van der Waals surface area contributed by atoms with E-state index in [2.05, 4.69) is 301 Å². The van der Waals surface area contributed by atoms with Crippen LogP contribution in [-0.4, -0.2) is 4.57 Å². The summed E-state index contributed by atoms with van der Waals surface area (Å²) in [4.78, 5) is 2.39. The third kappa shape index (κ3) is 7.52. The minimum atomic E-state index is 1.08. The highest BCUT2D eigenvalue weighted by molar-refractivity contribution is 6.22. The third-order valence-corrected chi connectivity index (χ3v) is 14.9. The molecule has 0 aliphatic rings. The molecule has 0 fully saturated rings. The first-order chi connectivity index (χ1) is 36.7. The summed E-state index contributed by atoms with van der Waals surface area (Å²) in [5.74, 6) is 0. The van der Waals surface area contributed by atoms with Crippen LogP contribution in [0.4, 0.5) is 17.1 Å². The molecule has 346 valence electrons. The fourth-order valence-electron chi connectivity index (χ4n) is 11.4. The topological polar surface area (TPSA) is 8.17 Å². The molecule has 0 saturated carbocycles. The van der Waals surface area contributed by atoms with Gasteiger partial charge in [-0.05, 0) is 167 Å². The van der Waals surface area contributed by atoms with Gasteiger partial charge in [0.2, 0.25) is 0 Å². The van der Waals surface area contributed by atoms with Crippen molar-refractivity contribution in [3.8, 4) is 61.3 Å². The van der Waals surface area contributed by atoms with Crippen LogP contribution in [0.15, 0.2) is 291 Å². The highest BCUT2D eigenvalue weighted by atomic mass is 15.1. The molecule has 0 N–H and O–H groups in total. The number of fused-ring (bicyclic) bond motifs is 7. The SMILES string of the molecule is c1ccc(-c2c(-c3ccccc3)c3cc(-c4ccc(N(c5ccc(-c6ccc7ccccc7c6)cc5)c5cccc(-c6ccc7c(c6)c6ccccc6n7-c6ccccc6)c5)cc4)ccc3c3ccccc23)cc1. The molecule has 0 radical (unpaired) electrons. The Labute approximate surface area is 430 Å². The average molecular weight is 941 g/mol. The van der Waals surface area contributed by atoms with Gasteiger partial charge in [-0.3, -0.25) is 0 Å². The molecule has 0 aliphatic carbocycles. The van der Waals surface area contributed by atoms with Gasteiger partial charge < -0.3 is 9.47 Å². The van der Waals surface area contributed by atoms with Gasteiger partial charge in [-0.1, -0.05) is 212 Å². The normalized spacial score (nSPS) is 11.5. The van der Waals surface area contributed by atoms with Crippen molar-refractivity contribution in [2.75, 3.05) is 4.90 Å². The molecule has 0 saturated heterocycles. The third-order valence-electron chi connectivity index (χ3n) is 14.9. The number of para-hydroxylation sites is 2. The van der Waals surface area contributed by atoms with Gasteiger partial charge in [0.25, 0.3) is 0 Å². The first-order valence-electron chi connectivity index (χ1n) is 25.5.